The van der Waals surface area contributed by atoms with Crippen LogP contribution in [0.15, 0.2) is 18.3 Å². The number of aromatic hydroxyl groups is 1. The molecule has 1 heterocycles. The van der Waals surface area contributed by atoms with E-state index in [0.29, 0.717) is 6.54 Å². The van der Waals surface area contributed by atoms with Crippen molar-refractivity contribution >= 4 is 5.91 Å². The Balaban J connectivity index is 2.58. The molecule has 0 aliphatic heterocycles. The molecule has 0 radical (unpaired) electrons. The van der Waals surface area contributed by atoms with E-state index >= 15 is 0 Å². The number of nitrogens with zero attached hydrogens (tertiary/aromatic N) is 1. The topological polar surface area (TPSA) is 74.2 Å². The van der Waals surface area contributed by atoms with Crippen molar-refractivity contribution in [1.82, 2.24) is 15.6 Å². The lowest BCUT2D eigenvalue weighted by molar-refractivity contribution is 0.0942. The maximum atomic E-state index is 11.5. The van der Waals surface area contributed by atoms with E-state index in [-0.39, 0.29) is 23.4 Å². The first kappa shape index (κ1) is 11.5. The lowest BCUT2D eigenvalue weighted by Crippen LogP contribution is -2.37. The molecule has 1 unspecified atom stereocenters. The van der Waals surface area contributed by atoms with Gasteiger partial charge in [-0.2, -0.15) is 0 Å². The van der Waals surface area contributed by atoms with Gasteiger partial charge in [0.2, 0.25) is 0 Å². The van der Waals surface area contributed by atoms with Crippen molar-refractivity contribution < 1.29 is 9.90 Å². The second kappa shape index (κ2) is 5.31. The summed E-state index contributed by atoms with van der Waals surface area (Å²) < 4.78 is 0. The zero-order valence-corrected chi connectivity index (χ0v) is 8.82. The van der Waals surface area contributed by atoms with Crippen LogP contribution in [0.1, 0.15) is 17.4 Å². The van der Waals surface area contributed by atoms with Gasteiger partial charge < -0.3 is 15.7 Å². The summed E-state index contributed by atoms with van der Waals surface area (Å²) in [6, 6.07) is 3.19. The van der Waals surface area contributed by atoms with Crippen molar-refractivity contribution in [1.29, 1.82) is 0 Å². The Morgan fingerprint density at radius 2 is 2.40 bits per heavy atom. The van der Waals surface area contributed by atoms with Crippen molar-refractivity contribution in [2.45, 2.75) is 13.0 Å². The van der Waals surface area contributed by atoms with E-state index in [1.54, 1.807) is 6.07 Å². The molecule has 1 aromatic rings. The summed E-state index contributed by atoms with van der Waals surface area (Å²) in [6.45, 7) is 2.43. The van der Waals surface area contributed by atoms with E-state index < -0.39 is 0 Å². The van der Waals surface area contributed by atoms with Gasteiger partial charge in [-0.05, 0) is 26.1 Å². The summed E-state index contributed by atoms with van der Waals surface area (Å²) in [5, 5.41) is 15.0. The van der Waals surface area contributed by atoms with Gasteiger partial charge in [-0.15, -0.1) is 0 Å². The third-order valence-electron chi connectivity index (χ3n) is 2.06. The largest absolute Gasteiger partial charge is 0.505 e. The SMILES string of the molecule is CNC(C)CNC(=O)c1ncccc1O. The van der Waals surface area contributed by atoms with Crippen LogP contribution in [-0.4, -0.2) is 35.6 Å². The molecule has 5 nitrogen and oxygen atoms in total. The highest BCUT2D eigenvalue weighted by atomic mass is 16.3. The zero-order valence-electron chi connectivity index (χ0n) is 8.82. The fourth-order valence-electron chi connectivity index (χ4n) is 1.00. The molecule has 5 heteroatoms. The molecule has 0 saturated carbocycles. The number of rotatable bonds is 4. The molecule has 0 bridgehead atoms. The number of likely N-dealkylation sites (N-methyl/N-ethyl adjacent to an activating group) is 1. The third kappa shape index (κ3) is 3.21. The molecule has 1 rings (SSSR count). The van der Waals surface area contributed by atoms with Crippen LogP contribution in [0.2, 0.25) is 0 Å². The Kier molecular flexibility index (Phi) is 4.05. The van der Waals surface area contributed by atoms with Crippen LogP contribution in [0.3, 0.4) is 0 Å². The summed E-state index contributed by atoms with van der Waals surface area (Å²) in [4.78, 5) is 15.3. The fourth-order valence-corrected chi connectivity index (χ4v) is 1.00. The molecule has 0 aliphatic rings. The van der Waals surface area contributed by atoms with Crippen molar-refractivity contribution in [2.24, 2.45) is 0 Å². The molecule has 82 valence electrons. The minimum absolute atomic E-state index is 0.0563. The Labute approximate surface area is 88.5 Å². The molecule has 1 atom stereocenters. The summed E-state index contributed by atoms with van der Waals surface area (Å²) in [5.41, 5.74) is 0.0563. The van der Waals surface area contributed by atoms with Crippen molar-refractivity contribution in [2.75, 3.05) is 13.6 Å². The Hall–Kier alpha value is -1.62. The molecule has 1 amide bonds. The monoisotopic (exact) mass is 209 g/mol. The van der Waals surface area contributed by atoms with E-state index in [0.717, 1.165) is 0 Å². The minimum atomic E-state index is -0.366. The van der Waals surface area contributed by atoms with Crippen molar-refractivity contribution in [3.63, 3.8) is 0 Å². The normalized spacial score (nSPS) is 12.1. The van der Waals surface area contributed by atoms with E-state index in [1.807, 2.05) is 14.0 Å². The highest BCUT2D eigenvalue weighted by Gasteiger charge is 2.11. The first-order valence-corrected chi connectivity index (χ1v) is 4.74. The average Bonchev–Trinajstić information content (AvgIpc) is 2.26. The second-order valence-corrected chi connectivity index (χ2v) is 3.27. The van der Waals surface area contributed by atoms with Crippen LogP contribution in [0.4, 0.5) is 0 Å². The van der Waals surface area contributed by atoms with Gasteiger partial charge in [-0.1, -0.05) is 0 Å². The van der Waals surface area contributed by atoms with Crippen molar-refractivity contribution in [3.05, 3.63) is 24.0 Å². The number of amides is 1. The van der Waals surface area contributed by atoms with E-state index in [2.05, 4.69) is 15.6 Å². The Bertz CT molecular complexity index is 341. The Morgan fingerprint density at radius 1 is 1.67 bits per heavy atom. The smallest absolute Gasteiger partial charge is 0.273 e. The third-order valence-corrected chi connectivity index (χ3v) is 2.06. The number of hydrogen-bond acceptors (Lipinski definition) is 4. The van der Waals surface area contributed by atoms with Crippen LogP contribution >= 0.6 is 0 Å². The van der Waals surface area contributed by atoms with Crippen LogP contribution in [0, 0.1) is 0 Å². The summed E-state index contributed by atoms with van der Waals surface area (Å²) in [6.07, 6.45) is 1.47. The predicted molar refractivity (Wildman–Crippen MR) is 56.8 cm³/mol. The number of carbonyl (C=O) groups excluding carboxylic acids is 1. The lowest BCUT2D eigenvalue weighted by atomic mass is 10.3. The number of nitrogens with one attached hydrogen (secondary N) is 2. The Morgan fingerprint density at radius 3 is 3.00 bits per heavy atom. The quantitative estimate of drug-likeness (QED) is 0.658. The van der Waals surface area contributed by atoms with E-state index in [1.165, 1.54) is 12.3 Å². The standard InChI is InChI=1S/C10H15N3O2/c1-7(11-2)6-13-10(15)9-8(14)4-3-5-12-9/h3-5,7,11,14H,6H2,1-2H3,(H,13,15). The molecule has 0 fully saturated rings. The van der Waals surface area contributed by atoms with Gasteiger partial charge in [0, 0.05) is 18.8 Å². The van der Waals surface area contributed by atoms with E-state index in [4.69, 9.17) is 0 Å². The lowest BCUT2D eigenvalue weighted by Gasteiger charge is -2.11. The predicted octanol–water partition coefficient (Wildman–Crippen LogP) is 0.125. The second-order valence-electron chi connectivity index (χ2n) is 3.27. The molecule has 1 aromatic heterocycles. The molecule has 0 aromatic carbocycles. The number of hydrogen-bond donors (Lipinski definition) is 3. The first-order valence-electron chi connectivity index (χ1n) is 4.74. The van der Waals surface area contributed by atoms with Crippen LogP contribution in [0.25, 0.3) is 0 Å². The first-order chi connectivity index (χ1) is 7.15. The average molecular weight is 209 g/mol. The summed E-state index contributed by atoms with van der Waals surface area (Å²) in [7, 11) is 1.81. The number of pyridine rings is 1. The molecule has 0 spiro atoms. The van der Waals surface area contributed by atoms with Crippen LogP contribution in [0.5, 0.6) is 5.75 Å². The number of carbonyl (C=O) groups is 1. The van der Waals surface area contributed by atoms with Gasteiger partial charge in [0.05, 0.1) is 0 Å². The maximum absolute atomic E-state index is 11.5. The van der Waals surface area contributed by atoms with Crippen LogP contribution in [-0.2, 0) is 0 Å². The van der Waals surface area contributed by atoms with Gasteiger partial charge in [-0.25, -0.2) is 4.98 Å². The molecular weight excluding hydrogens is 194 g/mol. The van der Waals surface area contributed by atoms with Crippen molar-refractivity contribution in [3.8, 4) is 5.75 Å². The van der Waals surface area contributed by atoms with Gasteiger partial charge >= 0.3 is 0 Å². The number of aromatic nitrogens is 1. The zero-order chi connectivity index (χ0) is 11.3. The molecule has 3 N–H and O–H groups in total. The van der Waals surface area contributed by atoms with Gasteiger partial charge in [0.25, 0.3) is 5.91 Å². The van der Waals surface area contributed by atoms with Gasteiger partial charge in [0.1, 0.15) is 5.75 Å². The summed E-state index contributed by atoms with van der Waals surface area (Å²) >= 11 is 0. The molecule has 0 aliphatic carbocycles. The fraction of sp³-hybridized carbons (Fsp3) is 0.400. The molecule has 15 heavy (non-hydrogen) atoms. The molecular formula is C10H15N3O2. The minimum Gasteiger partial charge on any atom is -0.505 e. The van der Waals surface area contributed by atoms with Crippen LogP contribution < -0.4 is 10.6 Å². The highest BCUT2D eigenvalue weighted by molar-refractivity contribution is 5.94. The maximum Gasteiger partial charge on any atom is 0.273 e. The van der Waals surface area contributed by atoms with Gasteiger partial charge in [0.15, 0.2) is 5.69 Å². The van der Waals surface area contributed by atoms with E-state index in [9.17, 15) is 9.90 Å². The highest BCUT2D eigenvalue weighted by Crippen LogP contribution is 2.11. The molecule has 0 saturated heterocycles. The van der Waals surface area contributed by atoms with Gasteiger partial charge in [-0.3, -0.25) is 4.79 Å². The summed E-state index contributed by atoms with van der Waals surface area (Å²) in [5.74, 6) is -0.470.